The minimum atomic E-state index is 0. The molecule has 0 aromatic rings. The third-order valence-corrected chi connectivity index (χ3v) is 4.84. The van der Waals surface area contributed by atoms with E-state index in [9.17, 15) is 0 Å². The molecule has 0 saturated carbocycles. The second-order valence-electron chi connectivity index (χ2n) is 7.16. The van der Waals surface area contributed by atoms with E-state index in [0.29, 0.717) is 5.92 Å². The van der Waals surface area contributed by atoms with Gasteiger partial charge in [0.15, 0.2) is 5.96 Å². The van der Waals surface area contributed by atoms with Crippen molar-refractivity contribution in [3.05, 3.63) is 0 Å². The average molecular weight is 451 g/mol. The molecule has 5 nitrogen and oxygen atoms in total. The molecule has 2 fully saturated rings. The fourth-order valence-electron chi connectivity index (χ4n) is 3.57. The number of hydrogen-bond acceptors (Lipinski definition) is 3. The number of halogens is 1. The Morgan fingerprint density at radius 1 is 0.958 bits per heavy atom. The van der Waals surface area contributed by atoms with Crippen molar-refractivity contribution in [1.29, 1.82) is 0 Å². The summed E-state index contributed by atoms with van der Waals surface area (Å²) in [6.07, 6.45) is 6.88. The van der Waals surface area contributed by atoms with Crippen LogP contribution in [0.4, 0.5) is 0 Å². The predicted octanol–water partition coefficient (Wildman–Crippen LogP) is 2.38. The van der Waals surface area contributed by atoms with Crippen molar-refractivity contribution >= 4 is 29.9 Å². The third-order valence-electron chi connectivity index (χ3n) is 4.84. The summed E-state index contributed by atoms with van der Waals surface area (Å²) in [5.41, 5.74) is 0. The van der Waals surface area contributed by atoms with Crippen LogP contribution < -0.4 is 10.6 Å². The SMILES string of the molecule is CCNC(=NCC(C)CN1CCCC1)NCCN1CCCCC1.I. The highest BCUT2D eigenvalue weighted by Gasteiger charge is 2.14. The van der Waals surface area contributed by atoms with Crippen molar-refractivity contribution in [2.75, 3.05) is 58.9 Å². The summed E-state index contributed by atoms with van der Waals surface area (Å²) in [7, 11) is 0. The number of aliphatic imine (C=N–C) groups is 1. The van der Waals surface area contributed by atoms with E-state index in [0.717, 1.165) is 32.1 Å². The van der Waals surface area contributed by atoms with E-state index in [2.05, 4.69) is 34.3 Å². The van der Waals surface area contributed by atoms with E-state index in [-0.39, 0.29) is 24.0 Å². The first-order valence-corrected chi connectivity index (χ1v) is 9.75. The highest BCUT2D eigenvalue weighted by molar-refractivity contribution is 14.0. The normalized spacial score (nSPS) is 21.3. The van der Waals surface area contributed by atoms with Gasteiger partial charge in [0.05, 0.1) is 0 Å². The van der Waals surface area contributed by atoms with Gasteiger partial charge in [0.25, 0.3) is 0 Å². The van der Waals surface area contributed by atoms with Gasteiger partial charge in [-0.25, -0.2) is 0 Å². The molecule has 2 N–H and O–H groups in total. The number of piperidine rings is 1. The Kier molecular flexibility index (Phi) is 12.0. The molecule has 1 unspecified atom stereocenters. The van der Waals surface area contributed by atoms with Gasteiger partial charge in [-0.05, 0) is 64.7 Å². The molecule has 0 aromatic heterocycles. The molecule has 0 bridgehead atoms. The Bertz CT molecular complexity index is 338. The Hall–Kier alpha value is -0.0800. The monoisotopic (exact) mass is 451 g/mol. The van der Waals surface area contributed by atoms with E-state index in [4.69, 9.17) is 4.99 Å². The molecular weight excluding hydrogens is 413 g/mol. The fraction of sp³-hybridized carbons (Fsp3) is 0.944. The minimum Gasteiger partial charge on any atom is -0.357 e. The summed E-state index contributed by atoms with van der Waals surface area (Å²) in [5, 5.41) is 6.88. The van der Waals surface area contributed by atoms with Crippen LogP contribution in [0.15, 0.2) is 4.99 Å². The second-order valence-corrected chi connectivity index (χ2v) is 7.16. The summed E-state index contributed by atoms with van der Waals surface area (Å²) in [5.74, 6) is 1.61. The summed E-state index contributed by atoms with van der Waals surface area (Å²) in [6.45, 7) is 14.7. The maximum atomic E-state index is 4.79. The Balaban J connectivity index is 0.00000288. The molecule has 142 valence electrons. The maximum Gasteiger partial charge on any atom is 0.191 e. The van der Waals surface area contributed by atoms with Gasteiger partial charge in [0.1, 0.15) is 0 Å². The van der Waals surface area contributed by atoms with E-state index >= 15 is 0 Å². The Morgan fingerprint density at radius 2 is 1.58 bits per heavy atom. The van der Waals surface area contributed by atoms with Crippen LogP contribution in [0, 0.1) is 5.92 Å². The lowest BCUT2D eigenvalue weighted by Gasteiger charge is -2.26. The van der Waals surface area contributed by atoms with Gasteiger partial charge in [-0.15, -0.1) is 24.0 Å². The van der Waals surface area contributed by atoms with Crippen LogP contribution in [0.25, 0.3) is 0 Å². The van der Waals surface area contributed by atoms with Gasteiger partial charge in [-0.3, -0.25) is 4.99 Å². The van der Waals surface area contributed by atoms with Crippen LogP contribution in [0.2, 0.25) is 0 Å². The van der Waals surface area contributed by atoms with Crippen molar-refractivity contribution in [1.82, 2.24) is 20.4 Å². The number of nitrogens with one attached hydrogen (secondary N) is 2. The molecular formula is C18H38IN5. The van der Waals surface area contributed by atoms with Crippen molar-refractivity contribution in [2.45, 2.75) is 46.0 Å². The number of likely N-dealkylation sites (tertiary alicyclic amines) is 2. The van der Waals surface area contributed by atoms with Crippen LogP contribution in [0.1, 0.15) is 46.0 Å². The van der Waals surface area contributed by atoms with Crippen LogP contribution in [-0.4, -0.2) is 74.7 Å². The molecule has 0 spiro atoms. The molecule has 2 saturated heterocycles. The zero-order valence-electron chi connectivity index (χ0n) is 15.7. The quantitative estimate of drug-likeness (QED) is 0.338. The molecule has 2 heterocycles. The van der Waals surface area contributed by atoms with Crippen molar-refractivity contribution in [2.24, 2.45) is 10.9 Å². The summed E-state index contributed by atoms with van der Waals surface area (Å²) in [6, 6.07) is 0. The largest absolute Gasteiger partial charge is 0.357 e. The first-order chi connectivity index (χ1) is 11.3. The maximum absolute atomic E-state index is 4.79. The van der Waals surface area contributed by atoms with E-state index in [1.165, 1.54) is 64.8 Å². The molecule has 2 aliphatic rings. The Morgan fingerprint density at radius 3 is 2.25 bits per heavy atom. The first-order valence-electron chi connectivity index (χ1n) is 9.75. The van der Waals surface area contributed by atoms with Gasteiger partial charge in [0, 0.05) is 32.7 Å². The van der Waals surface area contributed by atoms with E-state index in [1.54, 1.807) is 0 Å². The lowest BCUT2D eigenvalue weighted by atomic mass is 10.1. The Labute approximate surface area is 166 Å². The molecule has 24 heavy (non-hydrogen) atoms. The van der Waals surface area contributed by atoms with Crippen molar-refractivity contribution in [3.63, 3.8) is 0 Å². The number of nitrogens with zero attached hydrogens (tertiary/aromatic N) is 3. The lowest BCUT2D eigenvalue weighted by Crippen LogP contribution is -2.43. The molecule has 0 aromatic carbocycles. The first kappa shape index (κ1) is 22.0. The zero-order valence-corrected chi connectivity index (χ0v) is 18.1. The van der Waals surface area contributed by atoms with Gasteiger partial charge >= 0.3 is 0 Å². The van der Waals surface area contributed by atoms with E-state index < -0.39 is 0 Å². The molecule has 2 aliphatic heterocycles. The predicted molar refractivity (Wildman–Crippen MR) is 115 cm³/mol. The summed E-state index contributed by atoms with van der Waals surface area (Å²) in [4.78, 5) is 9.93. The molecule has 6 heteroatoms. The van der Waals surface area contributed by atoms with Crippen molar-refractivity contribution < 1.29 is 0 Å². The highest BCUT2D eigenvalue weighted by Crippen LogP contribution is 2.10. The van der Waals surface area contributed by atoms with Crippen LogP contribution in [0.5, 0.6) is 0 Å². The van der Waals surface area contributed by atoms with Crippen LogP contribution in [0.3, 0.4) is 0 Å². The lowest BCUT2D eigenvalue weighted by molar-refractivity contribution is 0.232. The number of hydrogen-bond donors (Lipinski definition) is 2. The molecule has 0 aliphatic carbocycles. The van der Waals surface area contributed by atoms with Crippen LogP contribution >= 0.6 is 24.0 Å². The number of rotatable bonds is 8. The van der Waals surface area contributed by atoms with Crippen LogP contribution in [-0.2, 0) is 0 Å². The second kappa shape index (κ2) is 13.2. The third kappa shape index (κ3) is 8.85. The summed E-state index contributed by atoms with van der Waals surface area (Å²) >= 11 is 0. The molecule has 2 rings (SSSR count). The minimum absolute atomic E-state index is 0. The zero-order chi connectivity index (χ0) is 16.3. The molecule has 0 radical (unpaired) electrons. The number of guanidine groups is 1. The average Bonchev–Trinajstić information content (AvgIpc) is 3.06. The molecule has 0 amide bonds. The van der Waals surface area contributed by atoms with Crippen molar-refractivity contribution in [3.8, 4) is 0 Å². The van der Waals surface area contributed by atoms with Gasteiger partial charge in [0.2, 0.25) is 0 Å². The van der Waals surface area contributed by atoms with Gasteiger partial charge in [-0.1, -0.05) is 13.3 Å². The summed E-state index contributed by atoms with van der Waals surface area (Å²) < 4.78 is 0. The van der Waals surface area contributed by atoms with Gasteiger partial charge < -0.3 is 20.4 Å². The fourth-order valence-corrected chi connectivity index (χ4v) is 3.57. The standard InChI is InChI=1S/C18H37N5.HI/c1-3-19-18(20-9-14-22-10-5-4-6-11-22)21-15-17(2)16-23-12-7-8-13-23;/h17H,3-16H2,1-2H3,(H2,19,20,21);1H. The topological polar surface area (TPSA) is 42.9 Å². The van der Waals surface area contributed by atoms with E-state index in [1.807, 2.05) is 0 Å². The van der Waals surface area contributed by atoms with Gasteiger partial charge in [-0.2, -0.15) is 0 Å². The molecule has 1 atom stereocenters. The highest BCUT2D eigenvalue weighted by atomic mass is 127. The smallest absolute Gasteiger partial charge is 0.191 e.